The minimum atomic E-state index is -0.188. The molecule has 0 saturated heterocycles. The van der Waals surface area contributed by atoms with Crippen LogP contribution in [0.25, 0.3) is 20.8 Å². The Labute approximate surface area is 168 Å². The van der Waals surface area contributed by atoms with E-state index in [1.165, 1.54) is 10.3 Å². The summed E-state index contributed by atoms with van der Waals surface area (Å²) in [6.45, 7) is 2.59. The van der Waals surface area contributed by atoms with Crippen molar-refractivity contribution in [2.75, 3.05) is 11.9 Å². The van der Waals surface area contributed by atoms with Crippen LogP contribution in [0, 0.1) is 6.92 Å². The van der Waals surface area contributed by atoms with Gasteiger partial charge in [-0.1, -0.05) is 42.5 Å². The standard InChI is InChI=1S/C23H21N3OS/c1-16-15-18(22-25-20-9-5-6-10-21(20)28-22)11-12-19(16)26-23(27)24-14-13-17-7-3-2-4-8-17/h2-12,15H,13-14H2,1H3,(H2,24,26,27). The number of nitrogens with zero attached hydrogens (tertiary/aromatic N) is 1. The maximum Gasteiger partial charge on any atom is 0.319 e. The van der Waals surface area contributed by atoms with Gasteiger partial charge in [0.05, 0.1) is 10.2 Å². The summed E-state index contributed by atoms with van der Waals surface area (Å²) < 4.78 is 1.18. The number of amides is 2. The SMILES string of the molecule is Cc1cc(-c2nc3ccccc3s2)ccc1NC(=O)NCCc1ccccc1. The lowest BCUT2D eigenvalue weighted by atomic mass is 10.1. The Balaban J connectivity index is 1.39. The summed E-state index contributed by atoms with van der Waals surface area (Å²) in [5.74, 6) is 0. The zero-order chi connectivity index (χ0) is 19.3. The number of aromatic nitrogens is 1. The Morgan fingerprint density at radius 3 is 2.57 bits per heavy atom. The maximum absolute atomic E-state index is 12.2. The van der Waals surface area contributed by atoms with Gasteiger partial charge < -0.3 is 10.6 Å². The molecule has 5 heteroatoms. The second-order valence-electron chi connectivity index (χ2n) is 6.63. The van der Waals surface area contributed by atoms with Crippen LogP contribution in [0.4, 0.5) is 10.5 Å². The molecule has 2 N–H and O–H groups in total. The monoisotopic (exact) mass is 387 g/mol. The summed E-state index contributed by atoms with van der Waals surface area (Å²) in [5.41, 5.74) is 5.10. The third-order valence-corrected chi connectivity index (χ3v) is 5.64. The van der Waals surface area contributed by atoms with Gasteiger partial charge in [0.25, 0.3) is 0 Å². The molecule has 0 fully saturated rings. The number of anilines is 1. The van der Waals surface area contributed by atoms with E-state index < -0.39 is 0 Å². The molecule has 140 valence electrons. The van der Waals surface area contributed by atoms with Gasteiger partial charge in [-0.25, -0.2) is 9.78 Å². The zero-order valence-corrected chi connectivity index (χ0v) is 16.4. The lowest BCUT2D eigenvalue weighted by molar-refractivity contribution is 0.252. The van der Waals surface area contributed by atoms with Gasteiger partial charge in [-0.05, 0) is 54.8 Å². The lowest BCUT2D eigenvalue weighted by Crippen LogP contribution is -2.30. The molecule has 0 atom stereocenters. The summed E-state index contributed by atoms with van der Waals surface area (Å²) in [6.07, 6.45) is 0.809. The summed E-state index contributed by atoms with van der Waals surface area (Å²) in [7, 11) is 0. The minimum absolute atomic E-state index is 0.188. The maximum atomic E-state index is 12.2. The van der Waals surface area contributed by atoms with Gasteiger partial charge in [-0.2, -0.15) is 0 Å². The van der Waals surface area contributed by atoms with E-state index in [4.69, 9.17) is 4.98 Å². The Bertz CT molecular complexity index is 1070. The number of carbonyl (C=O) groups is 1. The third kappa shape index (κ3) is 4.21. The molecule has 2 amide bonds. The van der Waals surface area contributed by atoms with E-state index in [-0.39, 0.29) is 6.03 Å². The number of carbonyl (C=O) groups excluding carboxylic acids is 1. The second-order valence-corrected chi connectivity index (χ2v) is 7.66. The molecule has 0 spiro atoms. The van der Waals surface area contributed by atoms with Crippen LogP contribution in [0.5, 0.6) is 0 Å². The minimum Gasteiger partial charge on any atom is -0.338 e. The number of fused-ring (bicyclic) bond motifs is 1. The van der Waals surface area contributed by atoms with Crippen molar-refractivity contribution in [2.24, 2.45) is 0 Å². The first-order chi connectivity index (χ1) is 13.7. The first-order valence-corrected chi connectivity index (χ1v) is 10.1. The van der Waals surface area contributed by atoms with Crippen LogP contribution in [0.1, 0.15) is 11.1 Å². The first kappa shape index (κ1) is 18.2. The highest BCUT2D eigenvalue weighted by Gasteiger charge is 2.09. The van der Waals surface area contributed by atoms with E-state index >= 15 is 0 Å². The fourth-order valence-corrected chi connectivity index (χ4v) is 4.03. The molecule has 0 aliphatic carbocycles. The van der Waals surface area contributed by atoms with Crippen molar-refractivity contribution in [1.29, 1.82) is 0 Å². The molecule has 0 radical (unpaired) electrons. The van der Waals surface area contributed by atoms with Crippen LogP contribution >= 0.6 is 11.3 Å². The number of urea groups is 1. The molecule has 28 heavy (non-hydrogen) atoms. The number of hydrogen-bond acceptors (Lipinski definition) is 3. The Kier molecular flexibility index (Phi) is 5.35. The van der Waals surface area contributed by atoms with Crippen molar-refractivity contribution < 1.29 is 4.79 Å². The predicted molar refractivity (Wildman–Crippen MR) is 117 cm³/mol. The largest absolute Gasteiger partial charge is 0.338 e. The third-order valence-electron chi connectivity index (χ3n) is 4.56. The summed E-state index contributed by atoms with van der Waals surface area (Å²) in [6, 6.07) is 24.1. The van der Waals surface area contributed by atoms with Crippen molar-refractivity contribution in [1.82, 2.24) is 10.3 Å². The highest BCUT2D eigenvalue weighted by atomic mass is 32.1. The number of benzene rings is 3. The van der Waals surface area contributed by atoms with Crippen LogP contribution < -0.4 is 10.6 Å². The van der Waals surface area contributed by atoms with Crippen molar-refractivity contribution in [3.8, 4) is 10.6 Å². The average molecular weight is 388 g/mol. The summed E-state index contributed by atoms with van der Waals surface area (Å²) in [5, 5.41) is 6.83. The van der Waals surface area contributed by atoms with Gasteiger partial charge in [0, 0.05) is 17.8 Å². The van der Waals surface area contributed by atoms with E-state index in [1.807, 2.05) is 55.5 Å². The van der Waals surface area contributed by atoms with E-state index in [2.05, 4.69) is 34.9 Å². The van der Waals surface area contributed by atoms with Crippen LogP contribution in [0.15, 0.2) is 72.8 Å². The highest BCUT2D eigenvalue weighted by Crippen LogP contribution is 2.31. The van der Waals surface area contributed by atoms with Gasteiger partial charge in [-0.3, -0.25) is 0 Å². The molecule has 1 heterocycles. The van der Waals surface area contributed by atoms with Crippen LogP contribution in [0.2, 0.25) is 0 Å². The molecule has 0 bridgehead atoms. The molecule has 4 nitrogen and oxygen atoms in total. The molecule has 4 rings (SSSR count). The molecule has 3 aromatic carbocycles. The van der Waals surface area contributed by atoms with Crippen LogP contribution in [-0.2, 0) is 6.42 Å². The quantitative estimate of drug-likeness (QED) is 0.466. The van der Waals surface area contributed by atoms with E-state index in [1.54, 1.807) is 11.3 Å². The topological polar surface area (TPSA) is 54.0 Å². The number of rotatable bonds is 5. The van der Waals surface area contributed by atoms with Crippen molar-refractivity contribution in [3.05, 3.63) is 83.9 Å². The number of hydrogen-bond donors (Lipinski definition) is 2. The van der Waals surface area contributed by atoms with Crippen molar-refractivity contribution in [3.63, 3.8) is 0 Å². The average Bonchev–Trinajstić information content (AvgIpc) is 3.14. The number of nitrogens with one attached hydrogen (secondary N) is 2. The van der Waals surface area contributed by atoms with Gasteiger partial charge in [-0.15, -0.1) is 11.3 Å². The Hall–Kier alpha value is -3.18. The number of thiazole rings is 1. The molecular weight excluding hydrogens is 366 g/mol. The van der Waals surface area contributed by atoms with Crippen LogP contribution in [-0.4, -0.2) is 17.6 Å². The molecule has 0 aliphatic heterocycles. The van der Waals surface area contributed by atoms with Crippen LogP contribution in [0.3, 0.4) is 0 Å². The van der Waals surface area contributed by atoms with Gasteiger partial charge in [0.2, 0.25) is 0 Å². The smallest absolute Gasteiger partial charge is 0.319 e. The normalized spacial score (nSPS) is 10.8. The zero-order valence-electron chi connectivity index (χ0n) is 15.6. The Morgan fingerprint density at radius 2 is 1.79 bits per heavy atom. The lowest BCUT2D eigenvalue weighted by Gasteiger charge is -2.11. The van der Waals surface area contributed by atoms with E-state index in [0.29, 0.717) is 6.54 Å². The molecule has 1 aromatic heterocycles. The van der Waals surface area contributed by atoms with Gasteiger partial charge in [0.1, 0.15) is 5.01 Å². The summed E-state index contributed by atoms with van der Waals surface area (Å²) in [4.78, 5) is 16.9. The molecular formula is C23H21N3OS. The fourth-order valence-electron chi connectivity index (χ4n) is 3.06. The molecule has 4 aromatic rings. The second kappa shape index (κ2) is 8.23. The highest BCUT2D eigenvalue weighted by molar-refractivity contribution is 7.21. The first-order valence-electron chi connectivity index (χ1n) is 9.24. The van der Waals surface area contributed by atoms with Gasteiger partial charge >= 0.3 is 6.03 Å². The fraction of sp³-hybridized carbons (Fsp3) is 0.130. The molecule has 0 aliphatic rings. The number of aryl methyl sites for hydroxylation is 1. The van der Waals surface area contributed by atoms with Crippen molar-refractivity contribution in [2.45, 2.75) is 13.3 Å². The summed E-state index contributed by atoms with van der Waals surface area (Å²) >= 11 is 1.68. The van der Waals surface area contributed by atoms with Crippen molar-refractivity contribution >= 4 is 33.3 Å². The Morgan fingerprint density at radius 1 is 1.00 bits per heavy atom. The predicted octanol–water partition coefficient (Wildman–Crippen LogP) is 5.64. The molecule has 0 unspecified atom stereocenters. The number of para-hydroxylation sites is 1. The van der Waals surface area contributed by atoms with E-state index in [9.17, 15) is 4.79 Å². The molecule has 0 saturated carbocycles. The van der Waals surface area contributed by atoms with Gasteiger partial charge in [0.15, 0.2) is 0 Å². The van der Waals surface area contributed by atoms with E-state index in [0.717, 1.165) is 33.8 Å².